The first-order chi connectivity index (χ1) is 5.40. The van der Waals surface area contributed by atoms with Gasteiger partial charge in [-0.25, -0.2) is 4.98 Å². The third-order valence-corrected chi connectivity index (χ3v) is 1.91. The summed E-state index contributed by atoms with van der Waals surface area (Å²) in [5, 5.41) is 0. The molecule has 0 radical (unpaired) electrons. The zero-order chi connectivity index (χ0) is 7.68. The third kappa shape index (κ3) is 1.15. The van der Waals surface area contributed by atoms with Gasteiger partial charge in [0.25, 0.3) is 0 Å². The van der Waals surface area contributed by atoms with Gasteiger partial charge in [0.15, 0.2) is 0 Å². The van der Waals surface area contributed by atoms with E-state index in [2.05, 4.69) is 9.55 Å². The van der Waals surface area contributed by atoms with E-state index in [-0.39, 0.29) is 0 Å². The largest absolute Gasteiger partial charge is 0.377 e. The Hall–Kier alpha value is -0.870. The van der Waals surface area contributed by atoms with Crippen molar-refractivity contribution in [1.29, 1.82) is 0 Å². The van der Waals surface area contributed by atoms with Gasteiger partial charge in [-0.2, -0.15) is 0 Å². The first-order valence-corrected chi connectivity index (χ1v) is 3.70. The van der Waals surface area contributed by atoms with E-state index in [4.69, 9.17) is 10.5 Å². The summed E-state index contributed by atoms with van der Waals surface area (Å²) < 4.78 is 7.11. The molecule has 0 spiro atoms. The van der Waals surface area contributed by atoms with Crippen molar-refractivity contribution >= 4 is 0 Å². The molecule has 2 N–H and O–H groups in total. The van der Waals surface area contributed by atoms with E-state index in [1.54, 1.807) is 0 Å². The first kappa shape index (κ1) is 6.82. The molecule has 0 saturated carbocycles. The molecule has 1 aromatic rings. The average Bonchev–Trinajstić information content (AvgIpc) is 2.32. The number of hydrogen-bond acceptors (Lipinski definition) is 3. The van der Waals surface area contributed by atoms with Crippen molar-refractivity contribution < 1.29 is 4.74 Å². The summed E-state index contributed by atoms with van der Waals surface area (Å²) in [5.74, 6) is 0. The minimum absolute atomic E-state index is 0.489. The van der Waals surface area contributed by atoms with Crippen LogP contribution in [-0.4, -0.2) is 22.8 Å². The van der Waals surface area contributed by atoms with Crippen molar-refractivity contribution in [3.8, 4) is 0 Å². The van der Waals surface area contributed by atoms with Gasteiger partial charge < -0.3 is 15.0 Å². The number of ether oxygens (including phenoxy) is 1. The van der Waals surface area contributed by atoms with E-state index in [1.165, 1.54) is 0 Å². The highest BCUT2D eigenvalue weighted by molar-refractivity contribution is 4.98. The molecule has 1 fully saturated rings. The molecule has 4 nitrogen and oxygen atoms in total. The van der Waals surface area contributed by atoms with Crippen LogP contribution in [0, 0.1) is 0 Å². The van der Waals surface area contributed by atoms with E-state index in [0.717, 1.165) is 18.9 Å². The summed E-state index contributed by atoms with van der Waals surface area (Å²) in [6.07, 6.45) is 3.79. The molecule has 0 bridgehead atoms. The third-order valence-electron chi connectivity index (χ3n) is 1.91. The number of rotatable bonds is 2. The average molecular weight is 153 g/mol. The molecule has 1 aliphatic rings. The Morgan fingerprint density at radius 2 is 2.55 bits per heavy atom. The highest BCUT2D eigenvalue weighted by Crippen LogP contribution is 2.16. The van der Waals surface area contributed by atoms with Crippen LogP contribution in [-0.2, 0) is 11.3 Å². The van der Waals surface area contributed by atoms with E-state index in [1.807, 2.05) is 12.5 Å². The molecule has 1 aliphatic heterocycles. The van der Waals surface area contributed by atoms with Gasteiger partial charge in [-0.1, -0.05) is 0 Å². The van der Waals surface area contributed by atoms with E-state index in [0.29, 0.717) is 12.6 Å². The first-order valence-electron chi connectivity index (χ1n) is 3.70. The molecule has 0 atom stereocenters. The summed E-state index contributed by atoms with van der Waals surface area (Å²) in [4.78, 5) is 4.12. The fourth-order valence-corrected chi connectivity index (χ4v) is 1.08. The monoisotopic (exact) mass is 153 g/mol. The van der Waals surface area contributed by atoms with Gasteiger partial charge in [-0.15, -0.1) is 0 Å². The summed E-state index contributed by atoms with van der Waals surface area (Å²) in [7, 11) is 0. The second kappa shape index (κ2) is 2.64. The van der Waals surface area contributed by atoms with E-state index < -0.39 is 0 Å². The van der Waals surface area contributed by atoms with Crippen LogP contribution < -0.4 is 5.73 Å². The second-order valence-electron chi connectivity index (χ2n) is 2.71. The van der Waals surface area contributed by atoms with Gasteiger partial charge >= 0.3 is 0 Å². The summed E-state index contributed by atoms with van der Waals surface area (Å²) >= 11 is 0. The van der Waals surface area contributed by atoms with Crippen molar-refractivity contribution in [3.63, 3.8) is 0 Å². The van der Waals surface area contributed by atoms with Crippen molar-refractivity contribution in [2.24, 2.45) is 5.73 Å². The van der Waals surface area contributed by atoms with Crippen LogP contribution in [0.1, 0.15) is 11.7 Å². The van der Waals surface area contributed by atoms with Crippen LogP contribution in [0.2, 0.25) is 0 Å². The van der Waals surface area contributed by atoms with Crippen molar-refractivity contribution in [2.75, 3.05) is 13.2 Å². The summed E-state index contributed by atoms with van der Waals surface area (Å²) in [5.41, 5.74) is 6.36. The topological polar surface area (TPSA) is 53.1 Å². The molecule has 4 heteroatoms. The Morgan fingerprint density at radius 3 is 3.00 bits per heavy atom. The molecule has 11 heavy (non-hydrogen) atoms. The molecule has 0 amide bonds. The number of aromatic nitrogens is 2. The predicted molar refractivity (Wildman–Crippen MR) is 40.0 cm³/mol. The Bertz CT molecular complexity index is 242. The van der Waals surface area contributed by atoms with Crippen LogP contribution in [0.5, 0.6) is 0 Å². The van der Waals surface area contributed by atoms with Crippen molar-refractivity contribution in [3.05, 3.63) is 18.2 Å². The lowest BCUT2D eigenvalue weighted by atomic mass is 10.2. The molecule has 1 aromatic heterocycles. The molecule has 2 heterocycles. The van der Waals surface area contributed by atoms with Crippen LogP contribution in [0.15, 0.2) is 12.5 Å². The number of hydrogen-bond donors (Lipinski definition) is 1. The standard InChI is InChI=1S/C7H11N3O/c8-1-6-2-10(5-9-6)7-3-11-4-7/h2,5,7H,1,3-4,8H2. The maximum absolute atomic E-state index is 5.42. The number of nitrogens with zero attached hydrogens (tertiary/aromatic N) is 2. The van der Waals surface area contributed by atoms with E-state index in [9.17, 15) is 0 Å². The van der Waals surface area contributed by atoms with Crippen molar-refractivity contribution in [1.82, 2.24) is 9.55 Å². The minimum Gasteiger partial charge on any atom is -0.377 e. The Labute approximate surface area is 65.0 Å². The zero-order valence-corrected chi connectivity index (χ0v) is 6.23. The number of imidazole rings is 1. The van der Waals surface area contributed by atoms with Gasteiger partial charge in [0.05, 0.1) is 31.3 Å². The Balaban J connectivity index is 2.11. The molecule has 60 valence electrons. The molecular weight excluding hydrogens is 142 g/mol. The van der Waals surface area contributed by atoms with Crippen LogP contribution in [0.25, 0.3) is 0 Å². The van der Waals surface area contributed by atoms with Gasteiger partial charge in [-0.3, -0.25) is 0 Å². The summed E-state index contributed by atoms with van der Waals surface area (Å²) in [6, 6.07) is 0.489. The van der Waals surface area contributed by atoms with Gasteiger partial charge in [0.2, 0.25) is 0 Å². The lowest BCUT2D eigenvalue weighted by Gasteiger charge is -2.26. The molecule has 0 unspecified atom stereocenters. The normalized spacial score (nSPS) is 18.3. The maximum atomic E-state index is 5.42. The van der Waals surface area contributed by atoms with Crippen molar-refractivity contribution in [2.45, 2.75) is 12.6 Å². The molecule has 0 aliphatic carbocycles. The molecule has 1 saturated heterocycles. The van der Waals surface area contributed by atoms with Crippen LogP contribution in [0.3, 0.4) is 0 Å². The second-order valence-corrected chi connectivity index (χ2v) is 2.71. The minimum atomic E-state index is 0.489. The lowest BCUT2D eigenvalue weighted by Crippen LogP contribution is -2.29. The fraction of sp³-hybridized carbons (Fsp3) is 0.571. The van der Waals surface area contributed by atoms with E-state index >= 15 is 0 Å². The lowest BCUT2D eigenvalue weighted by molar-refractivity contribution is -0.0233. The Morgan fingerprint density at radius 1 is 1.73 bits per heavy atom. The highest BCUT2D eigenvalue weighted by atomic mass is 16.5. The van der Waals surface area contributed by atoms with Gasteiger partial charge in [-0.05, 0) is 0 Å². The van der Waals surface area contributed by atoms with Gasteiger partial charge in [0.1, 0.15) is 0 Å². The maximum Gasteiger partial charge on any atom is 0.0954 e. The highest BCUT2D eigenvalue weighted by Gasteiger charge is 2.19. The zero-order valence-electron chi connectivity index (χ0n) is 6.23. The molecule has 0 aromatic carbocycles. The van der Waals surface area contributed by atoms with Gasteiger partial charge in [0, 0.05) is 12.7 Å². The van der Waals surface area contributed by atoms with Crippen LogP contribution in [0.4, 0.5) is 0 Å². The quantitative estimate of drug-likeness (QED) is 0.646. The fourth-order valence-electron chi connectivity index (χ4n) is 1.08. The van der Waals surface area contributed by atoms with Crippen LogP contribution >= 0.6 is 0 Å². The smallest absolute Gasteiger partial charge is 0.0954 e. The molecule has 2 rings (SSSR count). The number of nitrogens with two attached hydrogens (primary N) is 1. The Kier molecular flexibility index (Phi) is 1.63. The molecular formula is C7H11N3O. The SMILES string of the molecule is NCc1cn(C2COC2)cn1. The predicted octanol–water partition coefficient (Wildman–Crippen LogP) is -0.0869. The summed E-state index contributed by atoms with van der Waals surface area (Å²) in [6.45, 7) is 2.13.